The quantitative estimate of drug-likeness (QED) is 0.117. The summed E-state index contributed by atoms with van der Waals surface area (Å²) in [6.07, 6.45) is 23.4. The van der Waals surface area contributed by atoms with E-state index in [0.717, 1.165) is 11.8 Å². The van der Waals surface area contributed by atoms with Gasteiger partial charge in [-0.05, 0) is 155 Å². The molecule has 0 nitrogen and oxygen atoms in total. The molecule has 4 aromatic carbocycles. The Kier molecular flexibility index (Phi) is 9.44. The lowest BCUT2D eigenvalue weighted by molar-refractivity contribution is -0.0284. The minimum atomic E-state index is 0.129. The average Bonchev–Trinajstić information content (AvgIpc) is 3.41. The summed E-state index contributed by atoms with van der Waals surface area (Å²) in [6, 6.07) is 31.8. The Morgan fingerprint density at radius 2 is 1.25 bits per heavy atom. The molecule has 4 fully saturated rings. The molecular formula is C51H62. The van der Waals surface area contributed by atoms with Crippen LogP contribution in [0.5, 0.6) is 0 Å². The number of fused-ring (bicyclic) bond motifs is 3. The first-order chi connectivity index (χ1) is 24.8. The van der Waals surface area contributed by atoms with E-state index in [1.807, 2.05) is 6.08 Å². The molecule has 0 saturated heterocycles. The van der Waals surface area contributed by atoms with E-state index in [2.05, 4.69) is 113 Å². The van der Waals surface area contributed by atoms with Gasteiger partial charge in [0.05, 0.1) is 0 Å². The van der Waals surface area contributed by atoms with E-state index in [0.29, 0.717) is 10.8 Å². The number of benzene rings is 4. The van der Waals surface area contributed by atoms with Crippen molar-refractivity contribution >= 4 is 6.08 Å². The van der Waals surface area contributed by atoms with Crippen molar-refractivity contribution in [1.29, 1.82) is 0 Å². The number of unbranched alkanes of at least 4 members (excludes halogenated alkanes) is 6. The van der Waals surface area contributed by atoms with Gasteiger partial charge in [-0.15, -0.1) is 0 Å². The van der Waals surface area contributed by atoms with Gasteiger partial charge in [-0.1, -0.05) is 151 Å². The van der Waals surface area contributed by atoms with Gasteiger partial charge in [0.15, 0.2) is 0 Å². The highest BCUT2D eigenvalue weighted by molar-refractivity contribution is 5.84. The summed E-state index contributed by atoms with van der Waals surface area (Å²) in [5, 5.41) is 0. The van der Waals surface area contributed by atoms with Gasteiger partial charge in [0.25, 0.3) is 0 Å². The zero-order chi connectivity index (χ0) is 35.2. The normalized spacial score (nSPS) is 25.2. The molecule has 9 rings (SSSR count). The lowest BCUT2D eigenvalue weighted by Gasteiger charge is -2.63. The molecule has 0 heterocycles. The van der Waals surface area contributed by atoms with Crippen molar-refractivity contribution in [3.8, 4) is 22.3 Å². The van der Waals surface area contributed by atoms with Crippen molar-refractivity contribution in [3.63, 3.8) is 0 Å². The van der Waals surface area contributed by atoms with Crippen molar-refractivity contribution in [2.24, 2.45) is 11.8 Å². The van der Waals surface area contributed by atoms with E-state index in [-0.39, 0.29) is 5.41 Å². The molecule has 4 aromatic rings. The summed E-state index contributed by atoms with van der Waals surface area (Å²) in [5.41, 5.74) is 17.3. The Morgan fingerprint density at radius 1 is 0.608 bits per heavy atom. The van der Waals surface area contributed by atoms with E-state index in [9.17, 15) is 0 Å². The molecule has 2 atom stereocenters. The number of hydrogen-bond donors (Lipinski definition) is 0. The van der Waals surface area contributed by atoms with Crippen LogP contribution in [0.3, 0.4) is 0 Å². The molecule has 5 aliphatic rings. The third-order valence-corrected chi connectivity index (χ3v) is 14.5. The van der Waals surface area contributed by atoms with Crippen molar-refractivity contribution in [2.75, 3.05) is 0 Å². The van der Waals surface area contributed by atoms with Crippen molar-refractivity contribution < 1.29 is 0 Å². The third-order valence-electron chi connectivity index (χ3n) is 14.5. The lowest BCUT2D eigenvalue weighted by Crippen LogP contribution is -2.56. The van der Waals surface area contributed by atoms with Gasteiger partial charge in [0.1, 0.15) is 0 Å². The highest BCUT2D eigenvalue weighted by atomic mass is 14.6. The molecule has 2 unspecified atom stereocenters. The molecule has 0 heteroatoms. The van der Waals surface area contributed by atoms with Gasteiger partial charge in [-0.25, -0.2) is 0 Å². The topological polar surface area (TPSA) is 0 Å². The number of hydrogen-bond acceptors (Lipinski definition) is 0. The Hall–Kier alpha value is -3.38. The van der Waals surface area contributed by atoms with Gasteiger partial charge >= 0.3 is 0 Å². The van der Waals surface area contributed by atoms with E-state index in [1.165, 1.54) is 142 Å². The molecule has 0 amide bonds. The van der Waals surface area contributed by atoms with Crippen LogP contribution in [0.2, 0.25) is 0 Å². The lowest BCUT2D eigenvalue weighted by atomic mass is 9.41. The smallest absolute Gasteiger partial charge is 0.0215 e. The standard InChI is InChI=1S/C51H62/c1-6-9-11-15-25-51(26-16-12-10-7-2)46-18-14-13-17-43(46)44-24-21-41(30-48(44)51)45-27-37(5)47(28-36(45)4)50-33-39-29-40(34-50)32-49(31-39,35-50)42-22-19-38(8-3)20-23-42/h8,13-14,17-24,27-28,30,39-40H,3,6-7,9-12,15-16,25-26,29,31-35H2,1-2,4-5H3. The second-order valence-electron chi connectivity index (χ2n) is 17.8. The largest absolute Gasteiger partial charge is 0.0985 e. The monoisotopic (exact) mass is 674 g/mol. The van der Waals surface area contributed by atoms with Gasteiger partial charge < -0.3 is 0 Å². The predicted octanol–water partition coefficient (Wildman–Crippen LogP) is 14.6. The molecule has 0 aliphatic heterocycles. The summed E-state index contributed by atoms with van der Waals surface area (Å²) in [6.45, 7) is 13.5. The number of aryl methyl sites for hydroxylation is 2. The maximum Gasteiger partial charge on any atom is 0.0215 e. The fourth-order valence-electron chi connectivity index (χ4n) is 12.6. The Balaban J connectivity index is 1.16. The Bertz CT molecular complexity index is 1860. The van der Waals surface area contributed by atoms with E-state index in [4.69, 9.17) is 0 Å². The van der Waals surface area contributed by atoms with Crippen molar-refractivity contribution in [2.45, 2.75) is 147 Å². The van der Waals surface area contributed by atoms with Gasteiger partial charge in [-0.2, -0.15) is 0 Å². The third kappa shape index (κ3) is 5.98. The molecule has 51 heavy (non-hydrogen) atoms. The van der Waals surface area contributed by atoms with E-state index < -0.39 is 0 Å². The van der Waals surface area contributed by atoms with Crippen LogP contribution in [-0.4, -0.2) is 0 Å². The molecule has 0 radical (unpaired) electrons. The van der Waals surface area contributed by atoms with Crippen LogP contribution in [0.15, 0.2) is 85.4 Å². The van der Waals surface area contributed by atoms with Crippen LogP contribution in [-0.2, 0) is 16.2 Å². The summed E-state index contributed by atoms with van der Waals surface area (Å²) in [4.78, 5) is 0. The minimum Gasteiger partial charge on any atom is -0.0985 e. The van der Waals surface area contributed by atoms with Crippen LogP contribution in [0.4, 0.5) is 0 Å². The summed E-state index contributed by atoms with van der Waals surface area (Å²) >= 11 is 0. The molecule has 5 aliphatic carbocycles. The van der Waals surface area contributed by atoms with E-state index in [1.54, 1.807) is 22.3 Å². The summed E-state index contributed by atoms with van der Waals surface area (Å²) in [7, 11) is 0. The zero-order valence-corrected chi connectivity index (χ0v) is 32.3. The number of rotatable bonds is 14. The maximum atomic E-state index is 4.02. The Morgan fingerprint density at radius 3 is 1.92 bits per heavy atom. The van der Waals surface area contributed by atoms with Crippen LogP contribution in [0.25, 0.3) is 28.3 Å². The van der Waals surface area contributed by atoms with Crippen molar-refractivity contribution in [3.05, 3.63) is 124 Å². The average molecular weight is 675 g/mol. The molecule has 4 saturated carbocycles. The molecule has 0 N–H and O–H groups in total. The fraction of sp³-hybridized carbons (Fsp3) is 0.490. The first kappa shape index (κ1) is 34.7. The first-order valence-electron chi connectivity index (χ1n) is 20.9. The predicted molar refractivity (Wildman–Crippen MR) is 220 cm³/mol. The SMILES string of the molecule is C=Cc1ccc(C23CC4CC(C2)CC(c2cc(C)c(-c5ccc6c(c5)C(CCCCCC)(CCCCCC)c5ccccc5-6)cc2C)(C4)C3)cc1. The molecule has 266 valence electrons. The first-order valence-corrected chi connectivity index (χ1v) is 20.9. The molecule has 0 spiro atoms. The van der Waals surface area contributed by atoms with Crippen molar-refractivity contribution in [1.82, 2.24) is 0 Å². The minimum absolute atomic E-state index is 0.129. The summed E-state index contributed by atoms with van der Waals surface area (Å²) < 4.78 is 0. The zero-order valence-electron chi connectivity index (χ0n) is 32.3. The maximum absolute atomic E-state index is 4.02. The van der Waals surface area contributed by atoms with Crippen LogP contribution in [0, 0.1) is 25.7 Å². The molecular weight excluding hydrogens is 613 g/mol. The summed E-state index contributed by atoms with van der Waals surface area (Å²) in [5.74, 6) is 1.71. The highest BCUT2D eigenvalue weighted by Crippen LogP contribution is 2.67. The fourth-order valence-corrected chi connectivity index (χ4v) is 12.6. The van der Waals surface area contributed by atoms with Gasteiger partial charge in [0.2, 0.25) is 0 Å². The Labute approximate surface area is 310 Å². The second kappa shape index (κ2) is 13.9. The van der Waals surface area contributed by atoms with Crippen LogP contribution >= 0.6 is 0 Å². The van der Waals surface area contributed by atoms with Crippen LogP contribution in [0.1, 0.15) is 156 Å². The van der Waals surface area contributed by atoms with Gasteiger partial charge in [-0.3, -0.25) is 0 Å². The molecule has 4 bridgehead atoms. The van der Waals surface area contributed by atoms with Gasteiger partial charge in [0, 0.05) is 5.41 Å². The highest BCUT2D eigenvalue weighted by Gasteiger charge is 2.59. The second-order valence-corrected chi connectivity index (χ2v) is 17.8. The van der Waals surface area contributed by atoms with Crippen LogP contribution < -0.4 is 0 Å². The van der Waals surface area contributed by atoms with E-state index >= 15 is 0 Å². The molecule has 0 aromatic heterocycles.